The van der Waals surface area contributed by atoms with Gasteiger partial charge in [-0.3, -0.25) is 4.79 Å². The van der Waals surface area contributed by atoms with Crippen LogP contribution in [0, 0.1) is 0 Å². The number of rotatable bonds is 11. The summed E-state index contributed by atoms with van der Waals surface area (Å²) in [4.78, 5) is 37.4. The van der Waals surface area contributed by atoms with Crippen LogP contribution >= 0.6 is 23.2 Å². The number of ether oxygens (including phenoxy) is 4. The third-order valence-electron chi connectivity index (χ3n) is 6.66. The summed E-state index contributed by atoms with van der Waals surface area (Å²) in [5.74, 6) is -0.901. The van der Waals surface area contributed by atoms with Gasteiger partial charge in [0.2, 0.25) is 0 Å². The second-order valence-corrected chi connectivity index (χ2v) is 10.7. The molecule has 2 N–H and O–H groups in total. The highest BCUT2D eigenvalue weighted by atomic mass is 35.5. The molecule has 1 amide bonds. The first kappa shape index (κ1) is 32.7. The van der Waals surface area contributed by atoms with E-state index in [-0.39, 0.29) is 27.6 Å². The molecule has 0 heterocycles. The zero-order valence-corrected chi connectivity index (χ0v) is 25.7. The van der Waals surface area contributed by atoms with Crippen LogP contribution < -0.4 is 14.8 Å². The van der Waals surface area contributed by atoms with E-state index in [1.54, 1.807) is 40.2 Å². The highest BCUT2D eigenvalue weighted by Gasteiger charge is 2.26. The predicted octanol–water partition coefficient (Wildman–Crippen LogP) is 5.60. The smallest absolute Gasteiger partial charge is 0.337 e. The number of hydrogen-bond donors (Lipinski definition) is 2. The summed E-state index contributed by atoms with van der Waals surface area (Å²) in [6.07, 6.45) is 0.648. The molecule has 3 aromatic carbocycles. The molecule has 0 aliphatic rings. The van der Waals surface area contributed by atoms with Gasteiger partial charge in [0, 0.05) is 0 Å². The van der Waals surface area contributed by atoms with Crippen molar-refractivity contribution in [2.24, 2.45) is 0 Å². The lowest BCUT2D eigenvalue weighted by Crippen LogP contribution is -2.42. The first-order chi connectivity index (χ1) is 19.8. The Bertz CT molecular complexity index is 1420. The molecule has 11 heteroatoms. The van der Waals surface area contributed by atoms with Crippen LogP contribution in [-0.4, -0.2) is 57.4 Å². The van der Waals surface area contributed by atoms with E-state index in [0.717, 1.165) is 16.7 Å². The van der Waals surface area contributed by atoms with Crippen molar-refractivity contribution in [2.45, 2.75) is 38.3 Å². The Balaban J connectivity index is 1.80. The quantitative estimate of drug-likeness (QED) is 0.267. The highest BCUT2D eigenvalue weighted by Crippen LogP contribution is 2.42. The summed E-state index contributed by atoms with van der Waals surface area (Å²) in [6.45, 7) is 3.37. The summed E-state index contributed by atoms with van der Waals surface area (Å²) in [5, 5.41) is 13.0. The van der Waals surface area contributed by atoms with Crippen LogP contribution in [0.3, 0.4) is 0 Å². The van der Waals surface area contributed by atoms with E-state index < -0.39 is 29.5 Å². The summed E-state index contributed by atoms with van der Waals surface area (Å²) in [5.41, 5.74) is 2.01. The van der Waals surface area contributed by atoms with E-state index >= 15 is 0 Å². The normalized spacial score (nSPS) is 11.8. The lowest BCUT2D eigenvalue weighted by atomic mass is 9.93. The Labute approximate surface area is 254 Å². The molecule has 0 unspecified atom stereocenters. The standard InChI is InChI=1S/C31H33Cl2NO8/c1-31(2,38)20-15-24(39-3)26(25(16-20)40-4)18-10-7-17(8-11-18)9-12-23(30(37)42-6)34-28(35)27-21(32)13-19(14-22(27)33)29(36)41-5/h7-8,10-11,13-16,23,38H,9,12H2,1-6H3,(H,34,35)/t23-/m0/s1. The minimum atomic E-state index is -1.09. The number of methoxy groups -OCH3 is 4. The molecule has 0 radical (unpaired) electrons. The summed E-state index contributed by atoms with van der Waals surface area (Å²) < 4.78 is 20.8. The van der Waals surface area contributed by atoms with Gasteiger partial charge in [0.05, 0.1) is 60.8 Å². The number of carbonyl (C=O) groups excluding carboxylic acids is 3. The second-order valence-electron chi connectivity index (χ2n) is 9.91. The van der Waals surface area contributed by atoms with E-state index in [1.165, 1.54) is 26.4 Å². The van der Waals surface area contributed by atoms with Gasteiger partial charge in [0.1, 0.15) is 17.5 Å². The number of halogens is 2. The number of esters is 2. The van der Waals surface area contributed by atoms with Crippen molar-refractivity contribution in [1.29, 1.82) is 0 Å². The second kappa shape index (κ2) is 13.9. The van der Waals surface area contributed by atoms with Crippen LogP contribution in [0.15, 0.2) is 48.5 Å². The van der Waals surface area contributed by atoms with Gasteiger partial charge in [-0.25, -0.2) is 9.59 Å². The Hall–Kier alpha value is -3.79. The Kier molecular flexibility index (Phi) is 10.8. The predicted molar refractivity (Wildman–Crippen MR) is 160 cm³/mol. The SMILES string of the molecule is COC(=O)c1cc(Cl)c(C(=O)N[C@@H](CCc2ccc(-c3c(OC)cc(C(C)(C)O)cc3OC)cc2)C(=O)OC)c(Cl)c1. The van der Waals surface area contributed by atoms with Crippen molar-refractivity contribution in [1.82, 2.24) is 5.32 Å². The zero-order chi connectivity index (χ0) is 31.2. The van der Waals surface area contributed by atoms with Crippen molar-refractivity contribution in [3.63, 3.8) is 0 Å². The molecular formula is C31H33Cl2NO8. The van der Waals surface area contributed by atoms with Gasteiger partial charge in [-0.1, -0.05) is 47.5 Å². The van der Waals surface area contributed by atoms with Crippen molar-refractivity contribution in [2.75, 3.05) is 28.4 Å². The third-order valence-corrected chi connectivity index (χ3v) is 7.25. The molecule has 0 saturated carbocycles. The van der Waals surface area contributed by atoms with Crippen molar-refractivity contribution >= 4 is 41.0 Å². The molecule has 224 valence electrons. The number of nitrogens with one attached hydrogen (secondary N) is 1. The Morgan fingerprint density at radius 3 is 1.88 bits per heavy atom. The molecule has 0 aliphatic carbocycles. The molecule has 0 saturated heterocycles. The molecule has 9 nitrogen and oxygen atoms in total. The fourth-order valence-electron chi connectivity index (χ4n) is 4.35. The van der Waals surface area contributed by atoms with Gasteiger partial charge in [0.25, 0.3) is 5.91 Å². The maximum atomic E-state index is 13.0. The first-order valence-corrected chi connectivity index (χ1v) is 13.6. The van der Waals surface area contributed by atoms with E-state index in [1.807, 2.05) is 24.3 Å². The molecule has 1 atom stereocenters. The largest absolute Gasteiger partial charge is 0.496 e. The summed E-state index contributed by atoms with van der Waals surface area (Å²) in [6, 6.07) is 12.7. The monoisotopic (exact) mass is 617 g/mol. The van der Waals surface area contributed by atoms with Crippen LogP contribution in [0.2, 0.25) is 10.0 Å². The maximum Gasteiger partial charge on any atom is 0.337 e. The lowest BCUT2D eigenvalue weighted by molar-refractivity contribution is -0.143. The van der Waals surface area contributed by atoms with Gasteiger partial charge in [0.15, 0.2) is 0 Å². The highest BCUT2D eigenvalue weighted by molar-refractivity contribution is 6.40. The molecule has 3 aromatic rings. The van der Waals surface area contributed by atoms with Gasteiger partial charge < -0.3 is 29.4 Å². The molecule has 3 rings (SSSR count). The maximum absolute atomic E-state index is 13.0. The zero-order valence-electron chi connectivity index (χ0n) is 24.2. The number of benzene rings is 3. The van der Waals surface area contributed by atoms with Crippen LogP contribution in [0.1, 0.15) is 52.1 Å². The van der Waals surface area contributed by atoms with Gasteiger partial charge in [-0.05, 0) is 67.6 Å². The summed E-state index contributed by atoms with van der Waals surface area (Å²) >= 11 is 12.5. The van der Waals surface area contributed by atoms with Crippen LogP contribution in [-0.2, 0) is 26.3 Å². The molecule has 0 aliphatic heterocycles. The minimum absolute atomic E-state index is 0.0685. The lowest BCUT2D eigenvalue weighted by Gasteiger charge is -2.22. The van der Waals surface area contributed by atoms with Gasteiger partial charge in [-0.15, -0.1) is 0 Å². The van der Waals surface area contributed by atoms with Crippen LogP contribution in [0.25, 0.3) is 11.1 Å². The number of aliphatic hydroxyl groups is 1. The van der Waals surface area contributed by atoms with Crippen molar-refractivity contribution < 1.29 is 38.4 Å². The van der Waals surface area contributed by atoms with Crippen molar-refractivity contribution in [3.05, 3.63) is 80.8 Å². The topological polar surface area (TPSA) is 120 Å². The molecule has 0 aromatic heterocycles. The third kappa shape index (κ3) is 7.53. The fraction of sp³-hybridized carbons (Fsp3) is 0.323. The van der Waals surface area contributed by atoms with Crippen molar-refractivity contribution in [3.8, 4) is 22.6 Å². The number of amides is 1. The van der Waals surface area contributed by atoms with Gasteiger partial charge >= 0.3 is 11.9 Å². The molecular weight excluding hydrogens is 585 g/mol. The number of hydrogen-bond acceptors (Lipinski definition) is 8. The Morgan fingerprint density at radius 1 is 0.881 bits per heavy atom. The van der Waals surface area contributed by atoms with E-state index in [2.05, 4.69) is 10.1 Å². The number of carbonyl (C=O) groups is 3. The first-order valence-electron chi connectivity index (χ1n) is 12.9. The number of aryl methyl sites for hydroxylation is 1. The average molecular weight is 619 g/mol. The van der Waals surface area contributed by atoms with Crippen LogP contribution in [0.4, 0.5) is 0 Å². The molecule has 0 fully saturated rings. The molecule has 0 bridgehead atoms. The minimum Gasteiger partial charge on any atom is -0.496 e. The van der Waals surface area contributed by atoms with E-state index in [0.29, 0.717) is 23.5 Å². The molecule has 42 heavy (non-hydrogen) atoms. The molecule has 0 spiro atoms. The Morgan fingerprint density at radius 2 is 1.43 bits per heavy atom. The van der Waals surface area contributed by atoms with E-state index in [4.69, 9.17) is 37.4 Å². The van der Waals surface area contributed by atoms with E-state index in [9.17, 15) is 19.5 Å². The van der Waals surface area contributed by atoms with Gasteiger partial charge in [-0.2, -0.15) is 0 Å². The summed E-state index contributed by atoms with van der Waals surface area (Å²) in [7, 11) is 5.54. The fourth-order valence-corrected chi connectivity index (χ4v) is 5.00. The average Bonchev–Trinajstić information content (AvgIpc) is 2.96. The van der Waals surface area contributed by atoms with Crippen LogP contribution in [0.5, 0.6) is 11.5 Å².